The van der Waals surface area contributed by atoms with Crippen LogP contribution in [0.25, 0.3) is 11.6 Å². The number of hydrogen-bond acceptors (Lipinski definition) is 3. The predicted octanol–water partition coefficient (Wildman–Crippen LogP) is 3.12. The Morgan fingerprint density at radius 3 is 2.82 bits per heavy atom. The summed E-state index contributed by atoms with van der Waals surface area (Å²) in [5.74, 6) is 0.261. The summed E-state index contributed by atoms with van der Waals surface area (Å²) in [6.07, 6.45) is 7.43. The van der Waals surface area contributed by atoms with Gasteiger partial charge in [-0.2, -0.15) is 0 Å². The molecule has 0 saturated heterocycles. The lowest BCUT2D eigenvalue weighted by molar-refractivity contribution is 0.476. The zero-order valence-electron chi connectivity index (χ0n) is 12.5. The zero-order chi connectivity index (χ0) is 15.9. The topological polar surface area (TPSA) is 59.1 Å². The molecule has 2 aromatic rings. The van der Waals surface area contributed by atoms with E-state index in [2.05, 4.69) is 26.9 Å². The highest BCUT2D eigenvalue weighted by Gasteiger charge is 2.07. The highest BCUT2D eigenvalue weighted by Crippen LogP contribution is 2.26. The molecule has 1 aromatic heterocycles. The Balaban J connectivity index is 2.37. The van der Waals surface area contributed by atoms with Crippen LogP contribution in [0.2, 0.25) is 0 Å². The molecule has 0 aliphatic carbocycles. The van der Waals surface area contributed by atoms with Crippen LogP contribution in [0.5, 0.6) is 5.75 Å². The third-order valence-electron chi connectivity index (χ3n) is 3.45. The number of hydrogen-bond donors (Lipinski definition) is 2. The lowest BCUT2D eigenvalue weighted by Crippen LogP contribution is -2.01. The summed E-state index contributed by atoms with van der Waals surface area (Å²) < 4.78 is 0. The van der Waals surface area contributed by atoms with Crippen LogP contribution >= 0.6 is 9.24 Å². The number of phenolic OH excluding ortho intramolecular Hbond substituents is 1. The Morgan fingerprint density at radius 2 is 2.18 bits per heavy atom. The molecule has 1 heterocycles. The summed E-state index contributed by atoms with van der Waals surface area (Å²) >= 11 is 0. The summed E-state index contributed by atoms with van der Waals surface area (Å²) in [5.41, 5.74) is 9.79. The van der Waals surface area contributed by atoms with Gasteiger partial charge in [0.2, 0.25) is 0 Å². The molecule has 0 saturated carbocycles. The van der Waals surface area contributed by atoms with Gasteiger partial charge in [-0.15, -0.1) is 9.24 Å². The molecular weight excluding hydrogens is 291 g/mol. The molecule has 1 aromatic carbocycles. The van der Waals surface area contributed by atoms with Crippen LogP contribution in [0.15, 0.2) is 54.9 Å². The van der Waals surface area contributed by atoms with Gasteiger partial charge in [-0.05, 0) is 65.2 Å². The highest BCUT2D eigenvalue weighted by atomic mass is 31.0. The minimum Gasteiger partial charge on any atom is -0.508 e. The van der Waals surface area contributed by atoms with Crippen LogP contribution in [0.3, 0.4) is 0 Å². The number of phenols is 1. The first-order valence-electron chi connectivity index (χ1n) is 7.20. The molecule has 4 heteroatoms. The first-order valence-corrected chi connectivity index (χ1v) is 7.78. The third kappa shape index (κ3) is 4.27. The summed E-state index contributed by atoms with van der Waals surface area (Å²) in [6.45, 7) is 4.86. The van der Waals surface area contributed by atoms with E-state index in [-0.39, 0.29) is 5.75 Å². The van der Waals surface area contributed by atoms with Crippen molar-refractivity contribution in [1.82, 2.24) is 4.98 Å². The first-order chi connectivity index (χ1) is 10.6. The Labute approximate surface area is 133 Å². The highest BCUT2D eigenvalue weighted by molar-refractivity contribution is 7.27. The van der Waals surface area contributed by atoms with E-state index in [0.29, 0.717) is 6.54 Å². The molecule has 0 bridgehead atoms. The minimum atomic E-state index is 0.261. The lowest BCUT2D eigenvalue weighted by atomic mass is 9.95. The number of benzene rings is 1. The second-order valence-corrected chi connectivity index (χ2v) is 5.72. The number of aromatic nitrogens is 1. The van der Waals surface area contributed by atoms with Crippen molar-refractivity contribution in [3.05, 3.63) is 66.0 Å². The molecule has 0 radical (unpaired) electrons. The molecule has 22 heavy (non-hydrogen) atoms. The maximum atomic E-state index is 9.52. The van der Waals surface area contributed by atoms with Crippen molar-refractivity contribution in [2.45, 2.75) is 12.8 Å². The second kappa shape index (κ2) is 7.88. The molecule has 1 unspecified atom stereocenters. The van der Waals surface area contributed by atoms with Gasteiger partial charge in [0.1, 0.15) is 5.75 Å². The number of nitrogens with two attached hydrogens (primary N) is 1. The summed E-state index contributed by atoms with van der Waals surface area (Å²) in [6, 6.07) is 9.22. The molecule has 0 amide bonds. The van der Waals surface area contributed by atoms with Crippen molar-refractivity contribution in [3.8, 4) is 5.75 Å². The van der Waals surface area contributed by atoms with Crippen LogP contribution < -0.4 is 11.0 Å². The third-order valence-corrected chi connectivity index (χ3v) is 3.95. The van der Waals surface area contributed by atoms with E-state index in [0.717, 1.165) is 40.4 Å². The van der Waals surface area contributed by atoms with Gasteiger partial charge in [0, 0.05) is 12.4 Å². The molecule has 0 aliphatic heterocycles. The van der Waals surface area contributed by atoms with E-state index in [4.69, 9.17) is 5.73 Å². The van der Waals surface area contributed by atoms with Crippen molar-refractivity contribution < 1.29 is 5.11 Å². The molecule has 2 rings (SSSR count). The molecular formula is C18H21N2OP. The normalized spacial score (nSPS) is 11.5. The fourth-order valence-electron chi connectivity index (χ4n) is 2.21. The van der Waals surface area contributed by atoms with Crippen LogP contribution in [0.1, 0.15) is 24.0 Å². The number of aromatic hydroxyl groups is 1. The van der Waals surface area contributed by atoms with Gasteiger partial charge < -0.3 is 10.8 Å². The van der Waals surface area contributed by atoms with Gasteiger partial charge in [0.05, 0.1) is 0 Å². The van der Waals surface area contributed by atoms with Gasteiger partial charge >= 0.3 is 0 Å². The molecule has 0 spiro atoms. The molecule has 3 N–H and O–H groups in total. The van der Waals surface area contributed by atoms with Gasteiger partial charge in [-0.1, -0.05) is 24.8 Å². The molecule has 0 fully saturated rings. The van der Waals surface area contributed by atoms with Crippen molar-refractivity contribution >= 4 is 26.2 Å². The Bertz CT molecular complexity index is 681. The fraction of sp³-hybridized carbons (Fsp3) is 0.167. The van der Waals surface area contributed by atoms with Gasteiger partial charge in [-0.25, -0.2) is 0 Å². The standard InChI is InChI=1S/C18H21N2OP/c1-13(16-5-3-9-20-12-16)14(4-2-8-19)10-15-6-7-17(21)11-18(15)22/h3,5-7,9-12,21H,1-2,4,8,19,22H2/b14-10+. The molecule has 1 atom stereocenters. The van der Waals surface area contributed by atoms with E-state index in [1.54, 1.807) is 18.3 Å². The van der Waals surface area contributed by atoms with Crippen LogP contribution in [0, 0.1) is 0 Å². The molecule has 3 nitrogen and oxygen atoms in total. The van der Waals surface area contributed by atoms with E-state index < -0.39 is 0 Å². The average Bonchev–Trinajstić information content (AvgIpc) is 2.53. The molecule has 114 valence electrons. The lowest BCUT2D eigenvalue weighted by Gasteiger charge is -2.12. The van der Waals surface area contributed by atoms with Crippen molar-refractivity contribution in [1.29, 1.82) is 0 Å². The zero-order valence-corrected chi connectivity index (χ0v) is 13.7. The van der Waals surface area contributed by atoms with E-state index in [1.165, 1.54) is 0 Å². The second-order valence-electron chi connectivity index (χ2n) is 5.10. The van der Waals surface area contributed by atoms with E-state index >= 15 is 0 Å². The Morgan fingerprint density at radius 1 is 1.36 bits per heavy atom. The Hall–Kier alpha value is -1.96. The van der Waals surface area contributed by atoms with Crippen molar-refractivity contribution in [2.24, 2.45) is 5.73 Å². The quantitative estimate of drug-likeness (QED) is 0.636. The fourth-order valence-corrected chi connectivity index (χ4v) is 2.56. The molecule has 0 aliphatic rings. The summed E-state index contributed by atoms with van der Waals surface area (Å²) in [7, 11) is 2.65. The number of nitrogens with zero attached hydrogens (tertiary/aromatic N) is 1. The van der Waals surface area contributed by atoms with Crippen LogP contribution in [-0.4, -0.2) is 16.6 Å². The van der Waals surface area contributed by atoms with E-state index in [1.807, 2.05) is 24.4 Å². The van der Waals surface area contributed by atoms with Crippen molar-refractivity contribution in [2.75, 3.05) is 6.54 Å². The SMILES string of the molecule is C=C(/C(=C/c1ccc(O)cc1P)CCCN)c1cccnc1. The minimum absolute atomic E-state index is 0.261. The largest absolute Gasteiger partial charge is 0.508 e. The van der Waals surface area contributed by atoms with Gasteiger partial charge in [0.15, 0.2) is 0 Å². The van der Waals surface area contributed by atoms with E-state index in [9.17, 15) is 5.11 Å². The van der Waals surface area contributed by atoms with Crippen molar-refractivity contribution in [3.63, 3.8) is 0 Å². The number of pyridine rings is 1. The Kier molecular flexibility index (Phi) is 5.88. The smallest absolute Gasteiger partial charge is 0.116 e. The first kappa shape index (κ1) is 16.4. The number of rotatable bonds is 6. The van der Waals surface area contributed by atoms with Gasteiger partial charge in [-0.3, -0.25) is 4.98 Å². The average molecular weight is 312 g/mol. The van der Waals surface area contributed by atoms with Crippen LogP contribution in [0.4, 0.5) is 0 Å². The number of allylic oxidation sites excluding steroid dienone is 2. The predicted molar refractivity (Wildman–Crippen MR) is 97.0 cm³/mol. The maximum absolute atomic E-state index is 9.52. The van der Waals surface area contributed by atoms with Gasteiger partial charge in [0.25, 0.3) is 0 Å². The maximum Gasteiger partial charge on any atom is 0.116 e. The monoisotopic (exact) mass is 312 g/mol. The summed E-state index contributed by atoms with van der Waals surface area (Å²) in [5, 5.41) is 10.5. The van der Waals surface area contributed by atoms with Crippen LogP contribution in [-0.2, 0) is 0 Å². The summed E-state index contributed by atoms with van der Waals surface area (Å²) in [4.78, 5) is 4.15.